The van der Waals surface area contributed by atoms with Crippen LogP contribution in [0.2, 0.25) is 0 Å². The third-order valence-corrected chi connectivity index (χ3v) is 3.97. The Labute approximate surface area is 121 Å². The summed E-state index contributed by atoms with van der Waals surface area (Å²) in [6.07, 6.45) is 6.26. The molecular weight excluding hydrogens is 272 g/mol. The molecule has 6 heteroatoms. The molecule has 3 rings (SSSR count). The SMILES string of the molecule is Cn1c(SCCc2ccncc2)nnc1-c1ccco1. The van der Waals surface area contributed by atoms with Gasteiger partial charge in [0, 0.05) is 25.2 Å². The van der Waals surface area contributed by atoms with Gasteiger partial charge in [0.15, 0.2) is 16.7 Å². The number of furan rings is 1. The first-order chi connectivity index (χ1) is 9.84. The Hall–Kier alpha value is -2.08. The number of rotatable bonds is 5. The Bertz CT molecular complexity index is 664. The van der Waals surface area contributed by atoms with Gasteiger partial charge in [0.1, 0.15) is 0 Å². The van der Waals surface area contributed by atoms with Crippen LogP contribution in [-0.4, -0.2) is 25.5 Å². The zero-order valence-electron chi connectivity index (χ0n) is 11.1. The van der Waals surface area contributed by atoms with Crippen LogP contribution < -0.4 is 0 Å². The van der Waals surface area contributed by atoms with Crippen molar-refractivity contribution >= 4 is 11.8 Å². The maximum absolute atomic E-state index is 5.35. The van der Waals surface area contributed by atoms with Gasteiger partial charge in [-0.15, -0.1) is 10.2 Å². The molecule has 0 atom stereocenters. The molecule has 0 saturated heterocycles. The van der Waals surface area contributed by atoms with Gasteiger partial charge in [0.05, 0.1) is 6.26 Å². The number of aryl methyl sites for hydroxylation is 1. The van der Waals surface area contributed by atoms with Crippen LogP contribution in [0.15, 0.2) is 52.5 Å². The van der Waals surface area contributed by atoms with E-state index in [9.17, 15) is 0 Å². The van der Waals surface area contributed by atoms with Crippen molar-refractivity contribution < 1.29 is 4.42 Å². The Balaban J connectivity index is 1.64. The summed E-state index contributed by atoms with van der Waals surface area (Å²) in [5.41, 5.74) is 1.28. The van der Waals surface area contributed by atoms with Crippen LogP contribution in [0.25, 0.3) is 11.6 Å². The summed E-state index contributed by atoms with van der Waals surface area (Å²) in [6, 6.07) is 7.80. The minimum absolute atomic E-state index is 0.737. The van der Waals surface area contributed by atoms with E-state index < -0.39 is 0 Å². The van der Waals surface area contributed by atoms with Crippen molar-refractivity contribution in [1.82, 2.24) is 19.7 Å². The molecule has 0 aliphatic carbocycles. The predicted octanol–water partition coefficient (Wildman–Crippen LogP) is 2.80. The zero-order valence-corrected chi connectivity index (χ0v) is 11.9. The summed E-state index contributed by atoms with van der Waals surface area (Å²) in [6.45, 7) is 0. The monoisotopic (exact) mass is 286 g/mol. The van der Waals surface area contributed by atoms with Crippen molar-refractivity contribution in [2.24, 2.45) is 7.05 Å². The van der Waals surface area contributed by atoms with Crippen molar-refractivity contribution in [3.63, 3.8) is 0 Å². The molecule has 0 saturated carbocycles. The van der Waals surface area contributed by atoms with Crippen LogP contribution in [-0.2, 0) is 13.5 Å². The number of thioether (sulfide) groups is 1. The van der Waals surface area contributed by atoms with Crippen LogP contribution >= 0.6 is 11.8 Å². The normalized spacial score (nSPS) is 10.8. The van der Waals surface area contributed by atoms with Crippen molar-refractivity contribution in [3.8, 4) is 11.6 Å². The molecule has 102 valence electrons. The van der Waals surface area contributed by atoms with Gasteiger partial charge < -0.3 is 8.98 Å². The van der Waals surface area contributed by atoms with Gasteiger partial charge in [-0.25, -0.2) is 0 Å². The third kappa shape index (κ3) is 2.75. The lowest BCUT2D eigenvalue weighted by Crippen LogP contribution is -1.96. The summed E-state index contributed by atoms with van der Waals surface area (Å²) >= 11 is 1.69. The van der Waals surface area contributed by atoms with Gasteiger partial charge >= 0.3 is 0 Å². The van der Waals surface area contributed by atoms with Crippen molar-refractivity contribution in [3.05, 3.63) is 48.5 Å². The average Bonchev–Trinajstić information content (AvgIpc) is 3.11. The molecule has 5 nitrogen and oxygen atoms in total. The molecule has 0 amide bonds. The van der Waals surface area contributed by atoms with Crippen LogP contribution in [0.3, 0.4) is 0 Å². The van der Waals surface area contributed by atoms with Crippen LogP contribution in [0, 0.1) is 0 Å². The molecular formula is C14H14N4OS. The molecule has 0 spiro atoms. The summed E-state index contributed by atoms with van der Waals surface area (Å²) < 4.78 is 7.30. The Morgan fingerprint density at radius 3 is 2.80 bits per heavy atom. The largest absolute Gasteiger partial charge is 0.461 e. The second kappa shape index (κ2) is 5.92. The first-order valence-electron chi connectivity index (χ1n) is 6.29. The van der Waals surface area contributed by atoms with E-state index in [1.54, 1.807) is 18.0 Å². The zero-order chi connectivity index (χ0) is 13.8. The lowest BCUT2D eigenvalue weighted by Gasteiger charge is -2.02. The number of hydrogen-bond acceptors (Lipinski definition) is 5. The number of aromatic nitrogens is 4. The molecule has 3 heterocycles. The van der Waals surface area contributed by atoms with E-state index in [2.05, 4.69) is 15.2 Å². The van der Waals surface area contributed by atoms with E-state index in [1.165, 1.54) is 5.56 Å². The highest BCUT2D eigenvalue weighted by Crippen LogP contribution is 2.23. The second-order valence-corrected chi connectivity index (χ2v) is 5.36. The number of hydrogen-bond donors (Lipinski definition) is 0. The molecule has 3 aromatic rings. The van der Waals surface area contributed by atoms with Crippen molar-refractivity contribution in [2.45, 2.75) is 11.6 Å². The van der Waals surface area contributed by atoms with Gasteiger partial charge in [0.2, 0.25) is 0 Å². The van der Waals surface area contributed by atoms with Crippen LogP contribution in [0.4, 0.5) is 0 Å². The predicted molar refractivity (Wildman–Crippen MR) is 77.4 cm³/mol. The quantitative estimate of drug-likeness (QED) is 0.675. The summed E-state index contributed by atoms with van der Waals surface area (Å²) in [5.74, 6) is 2.44. The van der Waals surface area contributed by atoms with Gasteiger partial charge in [-0.05, 0) is 36.2 Å². The maximum atomic E-state index is 5.35. The van der Waals surface area contributed by atoms with Crippen molar-refractivity contribution in [1.29, 1.82) is 0 Å². The Morgan fingerprint density at radius 2 is 2.05 bits per heavy atom. The van der Waals surface area contributed by atoms with E-state index in [4.69, 9.17) is 4.42 Å². The fraction of sp³-hybridized carbons (Fsp3) is 0.214. The summed E-state index contributed by atoms with van der Waals surface area (Å²) in [7, 11) is 1.95. The first kappa shape index (κ1) is 12.9. The standard InChI is InChI=1S/C14H14N4OS/c1-18-13(12-3-2-9-19-12)16-17-14(18)20-10-6-11-4-7-15-8-5-11/h2-5,7-9H,6,10H2,1H3. The van der Waals surface area contributed by atoms with Crippen LogP contribution in [0.5, 0.6) is 0 Å². The van der Waals surface area contributed by atoms with E-state index >= 15 is 0 Å². The lowest BCUT2D eigenvalue weighted by molar-refractivity contribution is 0.572. The Kier molecular flexibility index (Phi) is 3.83. The van der Waals surface area contributed by atoms with E-state index in [0.717, 1.165) is 28.9 Å². The van der Waals surface area contributed by atoms with Gasteiger partial charge in [-0.3, -0.25) is 4.98 Å². The topological polar surface area (TPSA) is 56.7 Å². The second-order valence-electron chi connectivity index (χ2n) is 4.30. The molecule has 0 aliphatic rings. The number of nitrogens with zero attached hydrogens (tertiary/aromatic N) is 4. The van der Waals surface area contributed by atoms with E-state index in [-0.39, 0.29) is 0 Å². The first-order valence-corrected chi connectivity index (χ1v) is 7.28. The molecule has 0 bridgehead atoms. The van der Waals surface area contributed by atoms with E-state index in [1.807, 2.05) is 48.3 Å². The summed E-state index contributed by atoms with van der Waals surface area (Å²) in [5, 5.41) is 9.27. The highest BCUT2D eigenvalue weighted by Gasteiger charge is 2.12. The van der Waals surface area contributed by atoms with Gasteiger partial charge in [-0.1, -0.05) is 11.8 Å². The maximum Gasteiger partial charge on any atom is 0.200 e. The molecule has 0 radical (unpaired) electrons. The highest BCUT2D eigenvalue weighted by molar-refractivity contribution is 7.99. The van der Waals surface area contributed by atoms with E-state index in [0.29, 0.717) is 0 Å². The fourth-order valence-corrected chi connectivity index (χ4v) is 2.77. The minimum Gasteiger partial charge on any atom is -0.461 e. The molecule has 0 aliphatic heterocycles. The molecule has 0 unspecified atom stereocenters. The highest BCUT2D eigenvalue weighted by atomic mass is 32.2. The lowest BCUT2D eigenvalue weighted by atomic mass is 10.2. The minimum atomic E-state index is 0.737. The van der Waals surface area contributed by atoms with Crippen molar-refractivity contribution in [2.75, 3.05) is 5.75 Å². The Morgan fingerprint density at radius 1 is 1.20 bits per heavy atom. The molecule has 0 aromatic carbocycles. The smallest absolute Gasteiger partial charge is 0.200 e. The molecule has 3 aromatic heterocycles. The van der Waals surface area contributed by atoms with Gasteiger partial charge in [0.25, 0.3) is 0 Å². The number of pyridine rings is 1. The fourth-order valence-electron chi connectivity index (χ4n) is 1.87. The molecule has 0 N–H and O–H groups in total. The van der Waals surface area contributed by atoms with Crippen LogP contribution in [0.1, 0.15) is 5.56 Å². The third-order valence-electron chi connectivity index (χ3n) is 2.95. The molecule has 20 heavy (non-hydrogen) atoms. The molecule has 0 fully saturated rings. The summed E-state index contributed by atoms with van der Waals surface area (Å²) in [4.78, 5) is 4.01. The van der Waals surface area contributed by atoms with Gasteiger partial charge in [-0.2, -0.15) is 0 Å². The average molecular weight is 286 g/mol.